The predicted molar refractivity (Wildman–Crippen MR) is 55.9 cm³/mol. The summed E-state index contributed by atoms with van der Waals surface area (Å²) in [5.74, 6) is 0.682. The van der Waals surface area contributed by atoms with Gasteiger partial charge in [-0.1, -0.05) is 25.1 Å². The van der Waals surface area contributed by atoms with E-state index in [4.69, 9.17) is 9.47 Å². The molecule has 0 bridgehead atoms. The summed E-state index contributed by atoms with van der Waals surface area (Å²) in [4.78, 5) is 11.2. The van der Waals surface area contributed by atoms with Gasteiger partial charge in [0.2, 0.25) is 0 Å². The van der Waals surface area contributed by atoms with Crippen LogP contribution in [0.1, 0.15) is 18.9 Å². The first-order valence-electron chi connectivity index (χ1n) is 4.95. The number of carbonyl (C=O) groups excluding carboxylic acids is 1. The molecule has 1 aromatic carbocycles. The second-order valence-electron chi connectivity index (χ2n) is 4.10. The van der Waals surface area contributed by atoms with Gasteiger partial charge in [-0.25, -0.2) is 0 Å². The molecule has 1 heterocycles. The van der Waals surface area contributed by atoms with Gasteiger partial charge >= 0.3 is 5.97 Å². The molecule has 0 saturated carbocycles. The average Bonchev–Trinajstić information content (AvgIpc) is 2.60. The Hall–Kier alpha value is -1.51. The first-order valence-corrected chi connectivity index (χ1v) is 4.95. The molecular formula is C12H14O3. The molecule has 2 rings (SSSR count). The van der Waals surface area contributed by atoms with Gasteiger partial charge in [-0.2, -0.15) is 0 Å². The van der Waals surface area contributed by atoms with E-state index in [1.807, 2.05) is 31.2 Å². The maximum absolute atomic E-state index is 11.2. The summed E-state index contributed by atoms with van der Waals surface area (Å²) < 4.78 is 10.3. The molecule has 1 atom stereocenters. The number of esters is 1. The van der Waals surface area contributed by atoms with E-state index in [1.54, 1.807) is 7.11 Å². The minimum Gasteiger partial charge on any atom is -0.496 e. The van der Waals surface area contributed by atoms with Gasteiger partial charge in [0.15, 0.2) is 0 Å². The molecule has 1 aliphatic rings. The summed E-state index contributed by atoms with van der Waals surface area (Å²) in [6.45, 7) is 2.46. The first-order chi connectivity index (χ1) is 7.15. The fourth-order valence-electron chi connectivity index (χ4n) is 1.98. The van der Waals surface area contributed by atoms with E-state index in [9.17, 15) is 4.79 Å². The first kappa shape index (κ1) is 10.0. The smallest absolute Gasteiger partial charge is 0.306 e. The van der Waals surface area contributed by atoms with E-state index in [0.717, 1.165) is 11.3 Å². The van der Waals surface area contributed by atoms with Gasteiger partial charge < -0.3 is 9.47 Å². The van der Waals surface area contributed by atoms with E-state index in [-0.39, 0.29) is 11.4 Å². The Labute approximate surface area is 89.0 Å². The number of benzene rings is 1. The van der Waals surface area contributed by atoms with E-state index >= 15 is 0 Å². The molecule has 0 aromatic heterocycles. The van der Waals surface area contributed by atoms with Crippen molar-refractivity contribution in [1.82, 2.24) is 0 Å². The average molecular weight is 206 g/mol. The highest BCUT2D eigenvalue weighted by molar-refractivity contribution is 5.74. The van der Waals surface area contributed by atoms with E-state index in [2.05, 4.69) is 0 Å². The van der Waals surface area contributed by atoms with E-state index in [1.165, 1.54) is 0 Å². The molecule has 0 radical (unpaired) electrons. The number of para-hydroxylation sites is 1. The van der Waals surface area contributed by atoms with Gasteiger partial charge in [0.25, 0.3) is 0 Å². The Kier molecular flexibility index (Phi) is 2.39. The van der Waals surface area contributed by atoms with Crippen LogP contribution in [0.4, 0.5) is 0 Å². The predicted octanol–water partition coefficient (Wildman–Crippen LogP) is 1.90. The van der Waals surface area contributed by atoms with Crippen LogP contribution in [0.25, 0.3) is 0 Å². The van der Waals surface area contributed by atoms with Gasteiger partial charge in [0, 0.05) is 11.0 Å². The summed E-state index contributed by atoms with van der Waals surface area (Å²) in [6.07, 6.45) is 0.424. The molecule has 1 saturated heterocycles. The molecule has 1 unspecified atom stereocenters. The van der Waals surface area contributed by atoms with Crippen LogP contribution in [0.3, 0.4) is 0 Å². The zero-order chi connectivity index (χ0) is 10.9. The van der Waals surface area contributed by atoms with Crippen molar-refractivity contribution >= 4 is 5.97 Å². The summed E-state index contributed by atoms with van der Waals surface area (Å²) in [5, 5.41) is 0. The number of ether oxygens (including phenoxy) is 2. The van der Waals surface area contributed by atoms with Gasteiger partial charge in [0.1, 0.15) is 12.4 Å². The fraction of sp³-hybridized carbons (Fsp3) is 0.417. The minimum absolute atomic E-state index is 0.136. The van der Waals surface area contributed by atoms with Crippen LogP contribution >= 0.6 is 0 Å². The lowest BCUT2D eigenvalue weighted by molar-refractivity contribution is -0.137. The quantitative estimate of drug-likeness (QED) is 0.693. The second kappa shape index (κ2) is 3.57. The van der Waals surface area contributed by atoms with Crippen LogP contribution in [-0.4, -0.2) is 19.7 Å². The number of hydrogen-bond donors (Lipinski definition) is 0. The topological polar surface area (TPSA) is 35.5 Å². The standard InChI is InChI=1S/C12H14O3/c1-12(7-11(13)15-8-12)9-5-3-4-6-10(9)14-2/h3-6H,7-8H2,1-2H3. The third-order valence-electron chi connectivity index (χ3n) is 2.84. The van der Waals surface area contributed by atoms with Crippen LogP contribution in [0.2, 0.25) is 0 Å². The summed E-state index contributed by atoms with van der Waals surface area (Å²) in [6, 6.07) is 7.76. The highest BCUT2D eigenvalue weighted by atomic mass is 16.5. The Morgan fingerprint density at radius 3 is 2.73 bits per heavy atom. The molecule has 1 aromatic rings. The molecule has 0 aliphatic carbocycles. The molecule has 1 aliphatic heterocycles. The molecule has 15 heavy (non-hydrogen) atoms. The molecule has 3 nitrogen and oxygen atoms in total. The lowest BCUT2D eigenvalue weighted by atomic mass is 9.81. The van der Waals surface area contributed by atoms with Crippen molar-refractivity contribution in [3.05, 3.63) is 29.8 Å². The molecule has 0 N–H and O–H groups in total. The Balaban J connectivity index is 2.40. The fourth-order valence-corrected chi connectivity index (χ4v) is 1.98. The zero-order valence-corrected chi connectivity index (χ0v) is 8.95. The highest BCUT2D eigenvalue weighted by Crippen LogP contribution is 2.38. The lowest BCUT2D eigenvalue weighted by Crippen LogP contribution is -2.22. The van der Waals surface area contributed by atoms with Crippen molar-refractivity contribution in [3.8, 4) is 5.75 Å². The summed E-state index contributed by atoms with van der Waals surface area (Å²) >= 11 is 0. The van der Waals surface area contributed by atoms with Gasteiger partial charge in [-0.15, -0.1) is 0 Å². The van der Waals surface area contributed by atoms with Crippen molar-refractivity contribution in [2.45, 2.75) is 18.8 Å². The Morgan fingerprint density at radius 2 is 2.13 bits per heavy atom. The summed E-state index contributed by atoms with van der Waals surface area (Å²) in [5.41, 5.74) is 0.794. The van der Waals surface area contributed by atoms with E-state index in [0.29, 0.717) is 13.0 Å². The largest absolute Gasteiger partial charge is 0.496 e. The molecular weight excluding hydrogens is 192 g/mol. The van der Waals surface area contributed by atoms with Gasteiger partial charge in [-0.05, 0) is 6.07 Å². The summed E-state index contributed by atoms with van der Waals surface area (Å²) in [7, 11) is 1.64. The van der Waals surface area contributed by atoms with Crippen molar-refractivity contribution in [1.29, 1.82) is 0 Å². The number of carbonyl (C=O) groups is 1. The van der Waals surface area contributed by atoms with Crippen LogP contribution < -0.4 is 4.74 Å². The van der Waals surface area contributed by atoms with Crippen LogP contribution in [-0.2, 0) is 14.9 Å². The number of hydrogen-bond acceptors (Lipinski definition) is 3. The normalized spacial score (nSPS) is 25.1. The minimum atomic E-state index is -0.246. The number of cyclic esters (lactones) is 1. The SMILES string of the molecule is COc1ccccc1C1(C)COC(=O)C1. The van der Waals surface area contributed by atoms with Crippen LogP contribution in [0.15, 0.2) is 24.3 Å². The molecule has 80 valence electrons. The monoisotopic (exact) mass is 206 g/mol. The van der Waals surface area contributed by atoms with Crippen molar-refractivity contribution in [3.63, 3.8) is 0 Å². The third kappa shape index (κ3) is 1.69. The van der Waals surface area contributed by atoms with Crippen LogP contribution in [0.5, 0.6) is 5.75 Å². The molecule has 3 heteroatoms. The van der Waals surface area contributed by atoms with Crippen molar-refractivity contribution < 1.29 is 14.3 Å². The maximum Gasteiger partial charge on any atom is 0.306 e. The highest BCUT2D eigenvalue weighted by Gasteiger charge is 2.39. The Morgan fingerprint density at radius 1 is 1.40 bits per heavy atom. The zero-order valence-electron chi connectivity index (χ0n) is 8.95. The maximum atomic E-state index is 11.2. The molecule has 0 spiro atoms. The van der Waals surface area contributed by atoms with Crippen molar-refractivity contribution in [2.24, 2.45) is 0 Å². The molecule has 0 amide bonds. The molecule has 1 fully saturated rings. The van der Waals surface area contributed by atoms with Gasteiger partial charge in [0.05, 0.1) is 13.5 Å². The van der Waals surface area contributed by atoms with Crippen molar-refractivity contribution in [2.75, 3.05) is 13.7 Å². The number of methoxy groups -OCH3 is 1. The number of rotatable bonds is 2. The Bertz CT molecular complexity index is 386. The lowest BCUT2D eigenvalue weighted by Gasteiger charge is -2.22. The third-order valence-corrected chi connectivity index (χ3v) is 2.84. The van der Waals surface area contributed by atoms with E-state index < -0.39 is 0 Å². The second-order valence-corrected chi connectivity index (χ2v) is 4.10. The van der Waals surface area contributed by atoms with Crippen LogP contribution in [0, 0.1) is 0 Å². The van der Waals surface area contributed by atoms with Gasteiger partial charge in [-0.3, -0.25) is 4.79 Å².